The Bertz CT molecular complexity index is 315. The number of piperidine rings is 2. The van der Waals surface area contributed by atoms with Crippen molar-refractivity contribution < 1.29 is 8.42 Å². The standard InChI is InChI=1S/C10H20N2O2S/c1-15(13,14)12-8-2-3-10(9-12)4-6-11-7-5-10/h11H,2-9H2,1H3. The molecule has 0 radical (unpaired) electrons. The van der Waals surface area contributed by atoms with Gasteiger partial charge in [-0.2, -0.15) is 0 Å². The maximum atomic E-state index is 11.5. The Hall–Kier alpha value is -0.130. The predicted molar refractivity (Wildman–Crippen MR) is 60.2 cm³/mol. The summed E-state index contributed by atoms with van der Waals surface area (Å²) in [5.41, 5.74) is 0.270. The molecule has 2 aliphatic rings. The Morgan fingerprint density at radius 2 is 1.87 bits per heavy atom. The molecule has 0 saturated carbocycles. The zero-order valence-electron chi connectivity index (χ0n) is 9.33. The number of sulfonamides is 1. The van der Waals surface area contributed by atoms with Gasteiger partial charge in [0.1, 0.15) is 0 Å². The summed E-state index contributed by atoms with van der Waals surface area (Å²) >= 11 is 0. The molecule has 0 unspecified atom stereocenters. The molecule has 15 heavy (non-hydrogen) atoms. The molecule has 0 aromatic rings. The summed E-state index contributed by atoms with van der Waals surface area (Å²) < 4.78 is 24.7. The smallest absolute Gasteiger partial charge is 0.211 e. The van der Waals surface area contributed by atoms with E-state index in [-0.39, 0.29) is 5.41 Å². The molecule has 1 N–H and O–H groups in total. The third kappa shape index (κ3) is 2.52. The highest BCUT2D eigenvalue weighted by Crippen LogP contribution is 2.38. The van der Waals surface area contributed by atoms with Crippen molar-refractivity contribution in [3.8, 4) is 0 Å². The molecule has 1 spiro atoms. The van der Waals surface area contributed by atoms with Crippen LogP contribution in [-0.2, 0) is 10.0 Å². The van der Waals surface area contributed by atoms with Crippen molar-refractivity contribution in [3.05, 3.63) is 0 Å². The minimum Gasteiger partial charge on any atom is -0.317 e. The Labute approximate surface area is 92.1 Å². The van der Waals surface area contributed by atoms with Crippen LogP contribution in [-0.4, -0.2) is 45.2 Å². The molecule has 0 amide bonds. The zero-order chi connectivity index (χ0) is 10.9. The molecule has 2 aliphatic heterocycles. The number of rotatable bonds is 1. The van der Waals surface area contributed by atoms with Gasteiger partial charge in [0.25, 0.3) is 0 Å². The summed E-state index contributed by atoms with van der Waals surface area (Å²) in [5.74, 6) is 0. The predicted octanol–water partition coefficient (Wildman–Crippen LogP) is 0.412. The van der Waals surface area contributed by atoms with Crippen LogP contribution in [0.1, 0.15) is 25.7 Å². The molecular weight excluding hydrogens is 212 g/mol. The lowest BCUT2D eigenvalue weighted by Crippen LogP contribution is -2.49. The number of hydrogen-bond acceptors (Lipinski definition) is 3. The summed E-state index contributed by atoms with van der Waals surface area (Å²) in [6.07, 6.45) is 5.79. The first-order chi connectivity index (χ1) is 7.02. The van der Waals surface area contributed by atoms with Crippen molar-refractivity contribution in [3.63, 3.8) is 0 Å². The highest BCUT2D eigenvalue weighted by molar-refractivity contribution is 7.88. The number of hydrogen-bond donors (Lipinski definition) is 1. The highest BCUT2D eigenvalue weighted by Gasteiger charge is 2.38. The van der Waals surface area contributed by atoms with Crippen LogP contribution in [0.4, 0.5) is 0 Å². The van der Waals surface area contributed by atoms with Gasteiger partial charge in [-0.15, -0.1) is 0 Å². The minimum absolute atomic E-state index is 0.270. The summed E-state index contributed by atoms with van der Waals surface area (Å²) in [7, 11) is -2.99. The number of nitrogens with one attached hydrogen (secondary N) is 1. The average Bonchev–Trinajstić information content (AvgIpc) is 2.18. The Balaban J connectivity index is 2.09. The molecule has 2 saturated heterocycles. The summed E-state index contributed by atoms with van der Waals surface area (Å²) in [6, 6.07) is 0. The van der Waals surface area contributed by atoms with Gasteiger partial charge in [-0.05, 0) is 44.2 Å². The first-order valence-corrected chi connectivity index (χ1v) is 7.53. The second-order valence-electron chi connectivity index (χ2n) is 4.95. The monoisotopic (exact) mass is 232 g/mol. The van der Waals surface area contributed by atoms with Crippen LogP contribution in [0.15, 0.2) is 0 Å². The van der Waals surface area contributed by atoms with Gasteiger partial charge >= 0.3 is 0 Å². The summed E-state index contributed by atoms with van der Waals surface area (Å²) in [5, 5.41) is 3.34. The third-order valence-corrected chi connectivity index (χ3v) is 5.01. The van der Waals surface area contributed by atoms with Gasteiger partial charge in [-0.3, -0.25) is 0 Å². The van der Waals surface area contributed by atoms with E-state index >= 15 is 0 Å². The molecule has 2 rings (SSSR count). The number of nitrogens with zero attached hydrogens (tertiary/aromatic N) is 1. The van der Waals surface area contributed by atoms with Crippen LogP contribution in [0.2, 0.25) is 0 Å². The van der Waals surface area contributed by atoms with E-state index in [1.54, 1.807) is 4.31 Å². The lowest BCUT2D eigenvalue weighted by molar-refractivity contribution is 0.105. The van der Waals surface area contributed by atoms with E-state index in [1.165, 1.54) is 12.7 Å². The lowest BCUT2D eigenvalue weighted by atomic mass is 9.73. The Morgan fingerprint density at radius 1 is 1.20 bits per heavy atom. The van der Waals surface area contributed by atoms with Crippen molar-refractivity contribution >= 4 is 10.0 Å². The quantitative estimate of drug-likeness (QED) is 0.712. The van der Waals surface area contributed by atoms with E-state index in [9.17, 15) is 8.42 Å². The fourth-order valence-electron chi connectivity index (χ4n) is 2.81. The zero-order valence-corrected chi connectivity index (χ0v) is 10.1. The maximum absolute atomic E-state index is 11.5. The van der Waals surface area contributed by atoms with E-state index in [0.29, 0.717) is 6.54 Å². The van der Waals surface area contributed by atoms with Crippen LogP contribution in [0.3, 0.4) is 0 Å². The molecule has 88 valence electrons. The van der Waals surface area contributed by atoms with Gasteiger partial charge in [0, 0.05) is 13.1 Å². The van der Waals surface area contributed by atoms with Gasteiger partial charge in [0.05, 0.1) is 6.26 Å². The van der Waals surface area contributed by atoms with E-state index in [4.69, 9.17) is 0 Å². The van der Waals surface area contributed by atoms with Crippen molar-refractivity contribution in [2.75, 3.05) is 32.4 Å². The molecule has 0 atom stereocenters. The molecule has 2 heterocycles. The van der Waals surface area contributed by atoms with Crippen molar-refractivity contribution in [2.45, 2.75) is 25.7 Å². The molecule has 2 fully saturated rings. The van der Waals surface area contributed by atoms with Crippen molar-refractivity contribution in [1.82, 2.24) is 9.62 Å². The molecular formula is C10H20N2O2S. The van der Waals surface area contributed by atoms with Gasteiger partial charge in [-0.25, -0.2) is 12.7 Å². The molecule has 4 nitrogen and oxygen atoms in total. The Morgan fingerprint density at radius 3 is 2.47 bits per heavy atom. The van der Waals surface area contributed by atoms with Crippen LogP contribution in [0, 0.1) is 5.41 Å². The van der Waals surface area contributed by atoms with Crippen molar-refractivity contribution in [1.29, 1.82) is 0 Å². The summed E-state index contributed by atoms with van der Waals surface area (Å²) in [4.78, 5) is 0. The molecule has 0 aromatic carbocycles. The SMILES string of the molecule is CS(=O)(=O)N1CCCC2(CCNCC2)C1. The van der Waals surface area contributed by atoms with Crippen LogP contribution < -0.4 is 5.32 Å². The van der Waals surface area contributed by atoms with E-state index < -0.39 is 10.0 Å². The Kier molecular flexibility index (Phi) is 3.05. The molecule has 0 bridgehead atoms. The van der Waals surface area contributed by atoms with Crippen LogP contribution in [0.5, 0.6) is 0 Å². The van der Waals surface area contributed by atoms with E-state index in [0.717, 1.165) is 38.9 Å². The second-order valence-corrected chi connectivity index (χ2v) is 6.93. The fourth-order valence-corrected chi connectivity index (χ4v) is 3.78. The fraction of sp³-hybridized carbons (Fsp3) is 1.00. The topological polar surface area (TPSA) is 49.4 Å². The van der Waals surface area contributed by atoms with Gasteiger partial charge in [-0.1, -0.05) is 0 Å². The normalized spacial score (nSPS) is 28.1. The van der Waals surface area contributed by atoms with E-state index in [1.807, 2.05) is 0 Å². The maximum Gasteiger partial charge on any atom is 0.211 e. The third-order valence-electron chi connectivity index (χ3n) is 3.76. The van der Waals surface area contributed by atoms with Crippen LogP contribution in [0.25, 0.3) is 0 Å². The van der Waals surface area contributed by atoms with Gasteiger partial charge in [0.2, 0.25) is 10.0 Å². The van der Waals surface area contributed by atoms with Gasteiger partial charge in [0.15, 0.2) is 0 Å². The minimum atomic E-state index is -2.99. The summed E-state index contributed by atoms with van der Waals surface area (Å²) in [6.45, 7) is 3.54. The molecule has 0 aliphatic carbocycles. The molecule has 0 aromatic heterocycles. The van der Waals surface area contributed by atoms with Crippen molar-refractivity contribution in [2.24, 2.45) is 5.41 Å². The average molecular weight is 232 g/mol. The second kappa shape index (κ2) is 4.03. The van der Waals surface area contributed by atoms with Gasteiger partial charge < -0.3 is 5.32 Å². The first-order valence-electron chi connectivity index (χ1n) is 5.68. The van der Waals surface area contributed by atoms with Crippen LogP contribution >= 0.6 is 0 Å². The molecule has 5 heteroatoms. The lowest BCUT2D eigenvalue weighted by Gasteiger charge is -2.44. The van der Waals surface area contributed by atoms with E-state index in [2.05, 4.69) is 5.32 Å². The largest absolute Gasteiger partial charge is 0.317 e. The highest BCUT2D eigenvalue weighted by atomic mass is 32.2. The first kappa shape index (κ1) is 11.4.